The number of aromatic nitrogens is 1. The van der Waals surface area contributed by atoms with Crippen LogP contribution in [0.2, 0.25) is 0 Å². The number of anilines is 1. The van der Waals surface area contributed by atoms with Crippen LogP contribution in [0.5, 0.6) is 0 Å². The number of nitrogens with one attached hydrogen (secondary N) is 1. The molecule has 6 heteroatoms. The zero-order chi connectivity index (χ0) is 20.0. The lowest BCUT2D eigenvalue weighted by Gasteiger charge is -2.39. The van der Waals surface area contributed by atoms with E-state index >= 15 is 0 Å². The molecule has 2 aliphatic rings. The van der Waals surface area contributed by atoms with Gasteiger partial charge in [0.2, 0.25) is 0 Å². The maximum atomic E-state index is 13.5. The van der Waals surface area contributed by atoms with Gasteiger partial charge in [-0.25, -0.2) is 0 Å². The first kappa shape index (κ1) is 18.1. The molecule has 0 bridgehead atoms. The van der Waals surface area contributed by atoms with Crippen LogP contribution in [0.15, 0.2) is 60.8 Å². The van der Waals surface area contributed by atoms with E-state index in [1.54, 1.807) is 6.20 Å². The normalized spacial score (nSPS) is 23.1. The summed E-state index contributed by atoms with van der Waals surface area (Å²) >= 11 is 0. The molecular formula is C23H23N3O3. The summed E-state index contributed by atoms with van der Waals surface area (Å²) in [5.41, 5.74) is 3.42. The zero-order valence-electron chi connectivity index (χ0n) is 16.5. The number of ether oxygens (including phenoxy) is 2. The van der Waals surface area contributed by atoms with Crippen LogP contribution in [-0.4, -0.2) is 40.8 Å². The van der Waals surface area contributed by atoms with Crippen molar-refractivity contribution >= 4 is 22.5 Å². The molecule has 0 aliphatic carbocycles. The molecular weight excluding hydrogens is 366 g/mol. The Hall–Kier alpha value is -2.96. The average Bonchev–Trinajstić information content (AvgIpc) is 3.08. The van der Waals surface area contributed by atoms with Crippen LogP contribution in [0.3, 0.4) is 0 Å². The molecule has 148 valence electrons. The van der Waals surface area contributed by atoms with Gasteiger partial charge in [-0.2, -0.15) is 0 Å². The van der Waals surface area contributed by atoms with Crippen molar-refractivity contribution in [3.63, 3.8) is 0 Å². The third-order valence-electron chi connectivity index (χ3n) is 5.47. The number of benzene rings is 2. The molecule has 2 aliphatic heterocycles. The Morgan fingerprint density at radius 1 is 1.14 bits per heavy atom. The molecule has 2 unspecified atom stereocenters. The fraction of sp³-hybridized carbons (Fsp3) is 0.304. The van der Waals surface area contributed by atoms with Crippen molar-refractivity contribution in [3.8, 4) is 0 Å². The number of carbonyl (C=O) groups excluding carboxylic acids is 1. The summed E-state index contributed by atoms with van der Waals surface area (Å²) in [4.78, 5) is 19.8. The molecule has 1 aromatic heterocycles. The van der Waals surface area contributed by atoms with E-state index in [-0.39, 0.29) is 18.2 Å². The molecule has 0 radical (unpaired) electrons. The first-order chi connectivity index (χ1) is 14.0. The molecule has 1 saturated heterocycles. The van der Waals surface area contributed by atoms with E-state index in [0.717, 1.165) is 22.2 Å². The van der Waals surface area contributed by atoms with Gasteiger partial charge >= 0.3 is 0 Å². The van der Waals surface area contributed by atoms with E-state index < -0.39 is 5.79 Å². The summed E-state index contributed by atoms with van der Waals surface area (Å²) < 4.78 is 11.7. The van der Waals surface area contributed by atoms with Crippen molar-refractivity contribution in [2.75, 3.05) is 18.5 Å². The van der Waals surface area contributed by atoms with Gasteiger partial charge < -0.3 is 19.7 Å². The number of para-hydroxylation sites is 2. The van der Waals surface area contributed by atoms with Crippen molar-refractivity contribution < 1.29 is 14.3 Å². The minimum absolute atomic E-state index is 0.0152. The highest BCUT2D eigenvalue weighted by Gasteiger charge is 2.39. The summed E-state index contributed by atoms with van der Waals surface area (Å²) in [5, 5.41) is 4.58. The van der Waals surface area contributed by atoms with Gasteiger partial charge in [-0.3, -0.25) is 9.78 Å². The second-order valence-corrected chi connectivity index (χ2v) is 7.92. The first-order valence-corrected chi connectivity index (χ1v) is 9.84. The highest BCUT2D eigenvalue weighted by molar-refractivity contribution is 6.02. The third-order valence-corrected chi connectivity index (χ3v) is 5.47. The van der Waals surface area contributed by atoms with E-state index in [1.165, 1.54) is 0 Å². The van der Waals surface area contributed by atoms with Gasteiger partial charge in [-0.15, -0.1) is 0 Å². The smallest absolute Gasteiger partial charge is 0.257 e. The van der Waals surface area contributed by atoms with E-state index in [9.17, 15) is 4.79 Å². The largest absolute Gasteiger partial charge is 0.361 e. The van der Waals surface area contributed by atoms with Crippen molar-refractivity contribution in [2.45, 2.75) is 31.9 Å². The molecule has 3 heterocycles. The number of amides is 1. The van der Waals surface area contributed by atoms with Crippen molar-refractivity contribution in [2.24, 2.45) is 0 Å². The summed E-state index contributed by atoms with van der Waals surface area (Å²) in [5.74, 6) is -0.646. The molecule has 3 aromatic rings. The predicted molar refractivity (Wildman–Crippen MR) is 110 cm³/mol. The second kappa shape index (κ2) is 6.83. The first-order valence-electron chi connectivity index (χ1n) is 9.84. The Morgan fingerprint density at radius 2 is 1.93 bits per heavy atom. The molecule has 2 atom stereocenters. The molecule has 0 spiro atoms. The van der Waals surface area contributed by atoms with Crippen LogP contribution in [0.1, 0.15) is 35.9 Å². The van der Waals surface area contributed by atoms with Crippen LogP contribution in [0, 0.1) is 0 Å². The number of nitrogens with zero attached hydrogens (tertiary/aromatic N) is 2. The number of carbonyl (C=O) groups is 1. The lowest BCUT2D eigenvalue weighted by Crippen LogP contribution is -2.47. The predicted octanol–water partition coefficient (Wildman–Crippen LogP) is 3.95. The van der Waals surface area contributed by atoms with Crippen molar-refractivity contribution in [1.82, 2.24) is 9.88 Å². The maximum Gasteiger partial charge on any atom is 0.257 e. The zero-order valence-corrected chi connectivity index (χ0v) is 16.5. The highest BCUT2D eigenvalue weighted by atomic mass is 16.7. The SMILES string of the molecule is CC1(C)OCC(CN2C(=O)c3ccccc3NC2c2ccnc3ccccc23)O1. The Bertz CT molecular complexity index is 1080. The van der Waals surface area contributed by atoms with Crippen LogP contribution >= 0.6 is 0 Å². The van der Waals surface area contributed by atoms with Gasteiger partial charge in [0, 0.05) is 22.8 Å². The number of hydrogen-bond donors (Lipinski definition) is 1. The Balaban J connectivity index is 1.58. The van der Waals surface area contributed by atoms with Crippen LogP contribution in [0.4, 0.5) is 5.69 Å². The minimum atomic E-state index is -0.631. The van der Waals surface area contributed by atoms with Crippen LogP contribution in [-0.2, 0) is 9.47 Å². The van der Waals surface area contributed by atoms with Gasteiger partial charge in [0.15, 0.2) is 5.79 Å². The van der Waals surface area contributed by atoms with Gasteiger partial charge in [0.1, 0.15) is 12.3 Å². The second-order valence-electron chi connectivity index (χ2n) is 7.92. The standard InChI is InChI=1S/C23H23N3O3/c1-23(2)28-14-15(29-23)13-26-21(25-20-10-6-4-8-18(20)22(26)27)17-11-12-24-19-9-5-3-7-16(17)19/h3-12,15,21,25H,13-14H2,1-2H3. The summed E-state index contributed by atoms with van der Waals surface area (Å²) in [7, 11) is 0. The third kappa shape index (κ3) is 3.24. The maximum absolute atomic E-state index is 13.5. The van der Waals surface area contributed by atoms with Crippen LogP contribution in [0.25, 0.3) is 10.9 Å². The highest BCUT2D eigenvalue weighted by Crippen LogP contribution is 2.36. The molecule has 1 amide bonds. The van der Waals surface area contributed by atoms with E-state index in [4.69, 9.17) is 9.47 Å². The summed E-state index contributed by atoms with van der Waals surface area (Å²) in [6.07, 6.45) is 1.29. The van der Waals surface area contributed by atoms with Gasteiger partial charge in [-0.05, 0) is 38.1 Å². The molecule has 2 aromatic carbocycles. The molecule has 1 N–H and O–H groups in total. The molecule has 5 rings (SSSR count). The van der Waals surface area contributed by atoms with E-state index in [2.05, 4.69) is 10.3 Å². The van der Waals surface area contributed by atoms with Crippen molar-refractivity contribution in [3.05, 3.63) is 71.9 Å². The van der Waals surface area contributed by atoms with Gasteiger partial charge in [0.05, 0.1) is 24.2 Å². The molecule has 29 heavy (non-hydrogen) atoms. The fourth-order valence-corrected chi connectivity index (χ4v) is 4.16. The van der Waals surface area contributed by atoms with E-state index in [0.29, 0.717) is 18.7 Å². The monoisotopic (exact) mass is 389 g/mol. The summed E-state index contributed by atoms with van der Waals surface area (Å²) in [6, 6.07) is 17.6. The Labute approximate surface area is 169 Å². The lowest BCUT2D eigenvalue weighted by atomic mass is 10.0. The molecule has 1 fully saturated rings. The molecule has 0 saturated carbocycles. The molecule has 6 nitrogen and oxygen atoms in total. The van der Waals surface area contributed by atoms with Crippen molar-refractivity contribution in [1.29, 1.82) is 0 Å². The Kier molecular flexibility index (Phi) is 4.26. The van der Waals surface area contributed by atoms with Gasteiger partial charge in [0.25, 0.3) is 5.91 Å². The fourth-order valence-electron chi connectivity index (χ4n) is 4.16. The number of hydrogen-bond acceptors (Lipinski definition) is 5. The number of pyridine rings is 1. The van der Waals surface area contributed by atoms with Gasteiger partial charge in [-0.1, -0.05) is 30.3 Å². The van der Waals surface area contributed by atoms with E-state index in [1.807, 2.05) is 73.3 Å². The quantitative estimate of drug-likeness (QED) is 0.735. The topological polar surface area (TPSA) is 63.7 Å². The summed E-state index contributed by atoms with van der Waals surface area (Å²) in [6.45, 7) is 4.69. The minimum Gasteiger partial charge on any atom is -0.361 e. The number of fused-ring (bicyclic) bond motifs is 2. The number of rotatable bonds is 3. The lowest BCUT2D eigenvalue weighted by molar-refractivity contribution is -0.140. The average molecular weight is 389 g/mol. The van der Waals surface area contributed by atoms with Crippen LogP contribution < -0.4 is 5.32 Å². The Morgan fingerprint density at radius 3 is 2.76 bits per heavy atom.